The standard InChI is InChI=1S/C12H11N3O3/c1-13-8-5-3-2-4-7(11(8)16)9-6-10(12(17)18)15-14-9/h2-6H,1H3,(H,13,16)(H,14,15)(H,17,18). The summed E-state index contributed by atoms with van der Waals surface area (Å²) in [5.74, 6) is -1.12. The number of aromatic carboxylic acids is 1. The van der Waals surface area contributed by atoms with Gasteiger partial charge >= 0.3 is 5.97 Å². The van der Waals surface area contributed by atoms with E-state index in [1.807, 2.05) is 0 Å². The maximum atomic E-state index is 12.1. The number of nitrogens with one attached hydrogen (secondary N) is 2. The molecule has 2 aromatic rings. The van der Waals surface area contributed by atoms with Crippen molar-refractivity contribution in [2.24, 2.45) is 0 Å². The van der Waals surface area contributed by atoms with E-state index in [1.54, 1.807) is 31.3 Å². The molecule has 0 radical (unpaired) electrons. The summed E-state index contributed by atoms with van der Waals surface area (Å²) >= 11 is 0. The van der Waals surface area contributed by atoms with E-state index in [0.29, 0.717) is 16.9 Å². The van der Waals surface area contributed by atoms with Crippen LogP contribution < -0.4 is 10.7 Å². The van der Waals surface area contributed by atoms with E-state index in [2.05, 4.69) is 15.5 Å². The highest BCUT2D eigenvalue weighted by atomic mass is 16.4. The van der Waals surface area contributed by atoms with Gasteiger partial charge in [-0.05, 0) is 18.2 Å². The Morgan fingerprint density at radius 2 is 2.11 bits per heavy atom. The lowest BCUT2D eigenvalue weighted by Gasteiger charge is -1.95. The second-order valence-electron chi connectivity index (χ2n) is 3.60. The zero-order valence-corrected chi connectivity index (χ0v) is 9.60. The molecule has 3 N–H and O–H groups in total. The van der Waals surface area contributed by atoms with Crippen molar-refractivity contribution in [1.29, 1.82) is 0 Å². The Bertz CT molecular complexity index is 649. The van der Waals surface area contributed by atoms with Gasteiger partial charge in [0, 0.05) is 7.05 Å². The molecule has 0 fully saturated rings. The van der Waals surface area contributed by atoms with Gasteiger partial charge in [-0.15, -0.1) is 0 Å². The second kappa shape index (κ2) is 4.70. The van der Waals surface area contributed by atoms with E-state index in [1.165, 1.54) is 6.07 Å². The Balaban J connectivity index is 2.61. The lowest BCUT2D eigenvalue weighted by molar-refractivity contribution is 0.0690. The number of carbonyl (C=O) groups is 1. The van der Waals surface area contributed by atoms with Crippen molar-refractivity contribution in [2.45, 2.75) is 0 Å². The molecule has 1 heterocycles. The fraction of sp³-hybridized carbons (Fsp3) is 0.0833. The molecule has 0 aliphatic rings. The van der Waals surface area contributed by atoms with Gasteiger partial charge < -0.3 is 10.4 Å². The van der Waals surface area contributed by atoms with E-state index in [9.17, 15) is 9.59 Å². The van der Waals surface area contributed by atoms with Crippen LogP contribution in [-0.4, -0.2) is 28.3 Å². The highest BCUT2D eigenvalue weighted by molar-refractivity contribution is 5.86. The van der Waals surface area contributed by atoms with Crippen molar-refractivity contribution >= 4 is 11.7 Å². The van der Waals surface area contributed by atoms with E-state index in [0.717, 1.165) is 0 Å². The number of nitrogens with zero attached hydrogens (tertiary/aromatic N) is 1. The fourth-order valence-electron chi connectivity index (χ4n) is 1.57. The molecule has 0 atom stereocenters. The van der Waals surface area contributed by atoms with Crippen molar-refractivity contribution < 1.29 is 9.90 Å². The molecule has 0 saturated carbocycles. The van der Waals surface area contributed by atoms with Crippen LogP contribution in [0.4, 0.5) is 5.69 Å². The molecule has 0 saturated heterocycles. The van der Waals surface area contributed by atoms with Crippen molar-refractivity contribution in [1.82, 2.24) is 10.2 Å². The van der Waals surface area contributed by atoms with Crippen molar-refractivity contribution in [3.8, 4) is 11.3 Å². The third kappa shape index (κ3) is 2.08. The molecule has 92 valence electrons. The van der Waals surface area contributed by atoms with Crippen LogP contribution in [0.25, 0.3) is 11.3 Å². The lowest BCUT2D eigenvalue weighted by atomic mass is 10.2. The highest BCUT2D eigenvalue weighted by Crippen LogP contribution is 2.14. The van der Waals surface area contributed by atoms with Crippen molar-refractivity contribution in [3.05, 3.63) is 46.2 Å². The summed E-state index contributed by atoms with van der Waals surface area (Å²) in [5.41, 5.74) is 0.793. The maximum Gasteiger partial charge on any atom is 0.353 e. The van der Waals surface area contributed by atoms with E-state index in [-0.39, 0.29) is 11.1 Å². The fourth-order valence-corrected chi connectivity index (χ4v) is 1.57. The monoisotopic (exact) mass is 245 g/mol. The largest absolute Gasteiger partial charge is 0.477 e. The molecular weight excluding hydrogens is 234 g/mol. The van der Waals surface area contributed by atoms with Crippen LogP contribution >= 0.6 is 0 Å². The van der Waals surface area contributed by atoms with E-state index < -0.39 is 5.97 Å². The van der Waals surface area contributed by atoms with Gasteiger partial charge in [-0.1, -0.05) is 12.1 Å². The summed E-state index contributed by atoms with van der Waals surface area (Å²) in [6.07, 6.45) is 0. The number of aromatic amines is 1. The molecule has 6 heteroatoms. The van der Waals surface area contributed by atoms with Gasteiger partial charge in [0.1, 0.15) is 5.69 Å². The summed E-state index contributed by atoms with van der Waals surface area (Å²) in [6, 6.07) is 8.01. The van der Waals surface area contributed by atoms with Gasteiger partial charge in [-0.25, -0.2) is 4.79 Å². The first-order valence-corrected chi connectivity index (χ1v) is 5.23. The third-order valence-corrected chi connectivity index (χ3v) is 2.48. The van der Waals surface area contributed by atoms with Crippen LogP contribution in [0.15, 0.2) is 35.1 Å². The molecule has 0 bridgehead atoms. The van der Waals surface area contributed by atoms with Crippen LogP contribution in [0.5, 0.6) is 0 Å². The zero-order chi connectivity index (χ0) is 13.1. The number of anilines is 1. The predicted molar refractivity (Wildman–Crippen MR) is 66.8 cm³/mol. The lowest BCUT2D eigenvalue weighted by Crippen LogP contribution is -2.07. The van der Waals surface area contributed by atoms with Crippen LogP contribution in [0, 0.1) is 0 Å². The number of H-pyrrole nitrogens is 1. The van der Waals surface area contributed by atoms with Crippen LogP contribution in [0.1, 0.15) is 10.5 Å². The Morgan fingerprint density at radius 1 is 1.39 bits per heavy atom. The molecule has 0 aliphatic carbocycles. The minimum Gasteiger partial charge on any atom is -0.477 e. The Morgan fingerprint density at radius 3 is 2.72 bits per heavy atom. The first-order valence-electron chi connectivity index (χ1n) is 5.23. The van der Waals surface area contributed by atoms with Crippen LogP contribution in [0.3, 0.4) is 0 Å². The number of carboxylic acids is 1. The van der Waals surface area contributed by atoms with Gasteiger partial charge in [0.2, 0.25) is 5.43 Å². The first kappa shape index (κ1) is 11.8. The minimum absolute atomic E-state index is 0.0538. The third-order valence-electron chi connectivity index (χ3n) is 2.48. The Hall–Kier alpha value is -2.63. The SMILES string of the molecule is CNc1ccccc(-c2cc(C(=O)O)[nH]n2)c1=O. The highest BCUT2D eigenvalue weighted by Gasteiger charge is 2.12. The summed E-state index contributed by atoms with van der Waals surface area (Å²) in [6.45, 7) is 0. The predicted octanol–water partition coefficient (Wildman–Crippen LogP) is 1.18. The summed E-state index contributed by atoms with van der Waals surface area (Å²) in [5, 5.41) is 17.8. The smallest absolute Gasteiger partial charge is 0.353 e. The molecule has 0 aliphatic heterocycles. The number of hydrogen-bond donors (Lipinski definition) is 3. The topological polar surface area (TPSA) is 95.1 Å². The van der Waals surface area contributed by atoms with Gasteiger partial charge in [0.15, 0.2) is 0 Å². The van der Waals surface area contributed by atoms with Crippen LogP contribution in [0.2, 0.25) is 0 Å². The second-order valence-corrected chi connectivity index (χ2v) is 3.60. The molecule has 0 spiro atoms. The molecule has 2 rings (SSSR count). The van der Waals surface area contributed by atoms with Crippen LogP contribution in [-0.2, 0) is 0 Å². The zero-order valence-electron chi connectivity index (χ0n) is 9.60. The van der Waals surface area contributed by atoms with Crippen molar-refractivity contribution in [3.63, 3.8) is 0 Å². The van der Waals surface area contributed by atoms with Gasteiger partial charge in [0.05, 0.1) is 16.9 Å². The minimum atomic E-state index is -1.12. The van der Waals surface area contributed by atoms with E-state index in [4.69, 9.17) is 5.11 Å². The molecule has 0 amide bonds. The average molecular weight is 245 g/mol. The molecule has 0 unspecified atom stereocenters. The number of rotatable bonds is 3. The van der Waals surface area contributed by atoms with Crippen molar-refractivity contribution in [2.75, 3.05) is 12.4 Å². The quantitative estimate of drug-likeness (QED) is 0.754. The molecule has 6 nitrogen and oxygen atoms in total. The maximum absolute atomic E-state index is 12.1. The van der Waals surface area contributed by atoms with Gasteiger partial charge in [0.25, 0.3) is 0 Å². The normalized spacial score (nSPS) is 10.1. The molecular formula is C12H11N3O3. The molecule has 18 heavy (non-hydrogen) atoms. The van der Waals surface area contributed by atoms with Gasteiger partial charge in [-0.3, -0.25) is 9.89 Å². The Kier molecular flexibility index (Phi) is 3.09. The summed E-state index contributed by atoms with van der Waals surface area (Å²) in [4.78, 5) is 22.9. The summed E-state index contributed by atoms with van der Waals surface area (Å²) < 4.78 is 0. The molecule has 1 aromatic heterocycles. The number of carboxylic acid groups (broad SMARTS) is 1. The number of aromatic nitrogens is 2. The van der Waals surface area contributed by atoms with E-state index >= 15 is 0 Å². The Labute approximate surface area is 102 Å². The molecule has 1 aromatic carbocycles. The van der Waals surface area contributed by atoms with Gasteiger partial charge in [-0.2, -0.15) is 5.10 Å². The average Bonchev–Trinajstić information content (AvgIpc) is 2.75. The first-order chi connectivity index (χ1) is 8.63. The summed E-state index contributed by atoms with van der Waals surface area (Å²) in [7, 11) is 1.65. The number of hydrogen-bond acceptors (Lipinski definition) is 4.